The number of hydrogen-bond donors (Lipinski definition) is 2. The third kappa shape index (κ3) is 3.85. The molecule has 0 atom stereocenters. The van der Waals surface area contributed by atoms with Crippen LogP contribution in [0.5, 0.6) is 0 Å². The van der Waals surface area contributed by atoms with Gasteiger partial charge in [-0.25, -0.2) is 9.59 Å². The molecule has 2 rings (SSSR count). The number of carboxylic acid groups (broad SMARTS) is 2. The summed E-state index contributed by atoms with van der Waals surface area (Å²) in [5.41, 5.74) is 2.93. The number of rotatable bonds is 8. The lowest BCUT2D eigenvalue weighted by Crippen LogP contribution is -2.25. The molecule has 0 heterocycles. The van der Waals surface area contributed by atoms with E-state index in [4.69, 9.17) is 0 Å². The van der Waals surface area contributed by atoms with Crippen molar-refractivity contribution in [3.8, 4) is 0 Å². The van der Waals surface area contributed by atoms with E-state index in [1.165, 1.54) is 0 Å². The quantitative estimate of drug-likeness (QED) is 0.656. The van der Waals surface area contributed by atoms with Gasteiger partial charge in [0.15, 0.2) is 0 Å². The van der Waals surface area contributed by atoms with Crippen LogP contribution in [-0.4, -0.2) is 22.2 Å². The Morgan fingerprint density at radius 2 is 1.22 bits per heavy atom. The van der Waals surface area contributed by atoms with Crippen LogP contribution >= 0.6 is 0 Å². The van der Waals surface area contributed by atoms with Crippen molar-refractivity contribution in [1.29, 1.82) is 0 Å². The number of benzene rings is 2. The Hall–Kier alpha value is -3.14. The highest BCUT2D eigenvalue weighted by atomic mass is 16.4. The van der Waals surface area contributed by atoms with Gasteiger partial charge in [-0.1, -0.05) is 50.3 Å². The highest BCUT2D eigenvalue weighted by Gasteiger charge is 2.31. The molecule has 0 bridgehead atoms. The molecule has 2 N–H and O–H groups in total. The maximum atomic E-state index is 11.7. The average Bonchev–Trinajstić information content (AvgIpc) is 2.62. The van der Waals surface area contributed by atoms with Crippen LogP contribution in [0.4, 0.5) is 0 Å². The fourth-order valence-electron chi connectivity index (χ4n) is 3.62. The van der Waals surface area contributed by atoms with Crippen LogP contribution in [0.25, 0.3) is 0 Å². The second kappa shape index (κ2) is 8.04. The van der Waals surface area contributed by atoms with Crippen LogP contribution in [0.15, 0.2) is 61.7 Å². The largest absolute Gasteiger partial charge is 0.478 e. The minimum Gasteiger partial charge on any atom is -0.478 e. The zero-order valence-corrected chi connectivity index (χ0v) is 15.7. The molecule has 27 heavy (non-hydrogen) atoms. The second-order valence-corrected chi connectivity index (χ2v) is 6.88. The SMILES string of the molecule is C=CCc1c(C(=O)O)cccc1C(C)(C)c1cccc(C(=O)O)c1CC=C. The molecular weight excluding hydrogens is 340 g/mol. The first-order valence-electron chi connectivity index (χ1n) is 8.68. The molecule has 0 radical (unpaired) electrons. The van der Waals surface area contributed by atoms with Gasteiger partial charge in [-0.05, 0) is 47.2 Å². The van der Waals surface area contributed by atoms with Gasteiger partial charge in [-0.15, -0.1) is 13.2 Å². The van der Waals surface area contributed by atoms with Gasteiger partial charge in [0.2, 0.25) is 0 Å². The monoisotopic (exact) mass is 364 g/mol. The summed E-state index contributed by atoms with van der Waals surface area (Å²) in [5, 5.41) is 19.2. The molecule has 2 aromatic carbocycles. The van der Waals surface area contributed by atoms with Crippen LogP contribution < -0.4 is 0 Å². The Kier molecular flexibility index (Phi) is 6.01. The molecule has 0 saturated heterocycles. The van der Waals surface area contributed by atoms with Crippen LogP contribution in [0.3, 0.4) is 0 Å². The summed E-state index contributed by atoms with van der Waals surface area (Å²) in [7, 11) is 0. The molecule has 0 unspecified atom stereocenters. The Morgan fingerprint density at radius 1 is 0.852 bits per heavy atom. The molecule has 0 aromatic heterocycles. The van der Waals surface area contributed by atoms with E-state index in [0.29, 0.717) is 24.0 Å². The maximum absolute atomic E-state index is 11.7. The minimum absolute atomic E-state index is 0.236. The highest BCUT2D eigenvalue weighted by Crippen LogP contribution is 2.38. The van der Waals surface area contributed by atoms with Gasteiger partial charge < -0.3 is 10.2 Å². The topological polar surface area (TPSA) is 74.6 Å². The first-order chi connectivity index (χ1) is 12.8. The zero-order chi connectivity index (χ0) is 20.2. The van der Waals surface area contributed by atoms with Crippen molar-refractivity contribution >= 4 is 11.9 Å². The third-order valence-corrected chi connectivity index (χ3v) is 4.86. The van der Waals surface area contributed by atoms with Gasteiger partial charge in [-0.3, -0.25) is 0 Å². The number of allylic oxidation sites excluding steroid dienone is 2. The van der Waals surface area contributed by atoms with E-state index < -0.39 is 17.4 Å². The second-order valence-electron chi connectivity index (χ2n) is 6.88. The van der Waals surface area contributed by atoms with Crippen LogP contribution in [0, 0.1) is 0 Å². The predicted octanol–water partition coefficient (Wildman–Crippen LogP) is 4.87. The first kappa shape index (κ1) is 20.2. The summed E-state index contributed by atoms with van der Waals surface area (Å²) in [6.07, 6.45) is 4.19. The van der Waals surface area contributed by atoms with Crippen LogP contribution in [-0.2, 0) is 18.3 Å². The van der Waals surface area contributed by atoms with Crippen molar-refractivity contribution < 1.29 is 19.8 Å². The normalized spacial score (nSPS) is 11.0. The standard InChI is InChI=1S/C23H24O4/c1-5-9-15-17(21(24)25)11-7-13-19(15)23(3,4)20-14-8-12-18(22(26)27)16(20)10-6-2/h5-8,11-14H,1-2,9-10H2,3-4H3,(H,24,25)(H,26,27). The molecule has 0 saturated carbocycles. The van der Waals surface area contributed by atoms with Crippen molar-refractivity contribution in [2.24, 2.45) is 0 Å². The summed E-state index contributed by atoms with van der Waals surface area (Å²) in [6.45, 7) is 11.5. The maximum Gasteiger partial charge on any atom is 0.335 e. The van der Waals surface area contributed by atoms with Gasteiger partial charge in [0, 0.05) is 5.41 Å². The number of hydrogen-bond acceptors (Lipinski definition) is 2. The smallest absolute Gasteiger partial charge is 0.335 e. The van der Waals surface area contributed by atoms with Gasteiger partial charge in [0.1, 0.15) is 0 Å². The summed E-state index contributed by atoms with van der Waals surface area (Å²) >= 11 is 0. The minimum atomic E-state index is -0.991. The van der Waals surface area contributed by atoms with Gasteiger partial charge in [0.25, 0.3) is 0 Å². The Labute approximate surface area is 159 Å². The van der Waals surface area contributed by atoms with Crippen LogP contribution in [0.2, 0.25) is 0 Å². The lowest BCUT2D eigenvalue weighted by Gasteiger charge is -2.31. The lowest BCUT2D eigenvalue weighted by molar-refractivity contribution is 0.0685. The number of aromatic carboxylic acids is 2. The van der Waals surface area contributed by atoms with Crippen molar-refractivity contribution in [2.75, 3.05) is 0 Å². The van der Waals surface area contributed by atoms with Gasteiger partial charge >= 0.3 is 11.9 Å². The van der Waals surface area contributed by atoms with E-state index in [-0.39, 0.29) is 11.1 Å². The van der Waals surface area contributed by atoms with Crippen LogP contribution in [0.1, 0.15) is 56.8 Å². The first-order valence-corrected chi connectivity index (χ1v) is 8.68. The summed E-state index contributed by atoms with van der Waals surface area (Å²) in [5.74, 6) is -1.98. The molecule has 0 spiro atoms. The van der Waals surface area contributed by atoms with E-state index in [9.17, 15) is 19.8 Å². The Bertz CT molecular complexity index is 833. The lowest BCUT2D eigenvalue weighted by atomic mass is 9.72. The van der Waals surface area contributed by atoms with E-state index in [0.717, 1.165) is 11.1 Å². The number of carboxylic acids is 2. The zero-order valence-electron chi connectivity index (χ0n) is 15.7. The summed E-state index contributed by atoms with van der Waals surface area (Å²) in [4.78, 5) is 23.4. The van der Waals surface area contributed by atoms with E-state index in [1.807, 2.05) is 26.0 Å². The molecule has 2 aromatic rings. The molecule has 4 heteroatoms. The van der Waals surface area contributed by atoms with Crippen molar-refractivity contribution in [2.45, 2.75) is 32.1 Å². The fourth-order valence-corrected chi connectivity index (χ4v) is 3.62. The van der Waals surface area contributed by atoms with E-state index in [2.05, 4.69) is 13.2 Å². The fraction of sp³-hybridized carbons (Fsp3) is 0.217. The molecule has 4 nitrogen and oxygen atoms in total. The summed E-state index contributed by atoms with van der Waals surface area (Å²) in [6, 6.07) is 10.4. The van der Waals surface area contributed by atoms with E-state index >= 15 is 0 Å². The molecule has 140 valence electrons. The van der Waals surface area contributed by atoms with Gasteiger partial charge in [-0.2, -0.15) is 0 Å². The molecular formula is C23H24O4. The molecule has 0 aliphatic rings. The molecule has 0 aliphatic heterocycles. The Balaban J connectivity index is 2.80. The van der Waals surface area contributed by atoms with Gasteiger partial charge in [0.05, 0.1) is 11.1 Å². The van der Waals surface area contributed by atoms with Crippen molar-refractivity contribution in [3.05, 3.63) is 95.1 Å². The van der Waals surface area contributed by atoms with Crippen molar-refractivity contribution in [3.63, 3.8) is 0 Å². The summed E-state index contributed by atoms with van der Waals surface area (Å²) < 4.78 is 0. The average molecular weight is 364 g/mol. The Morgan fingerprint density at radius 3 is 1.52 bits per heavy atom. The van der Waals surface area contributed by atoms with Crippen molar-refractivity contribution in [1.82, 2.24) is 0 Å². The predicted molar refractivity (Wildman–Crippen MR) is 107 cm³/mol. The third-order valence-electron chi connectivity index (χ3n) is 4.86. The van der Waals surface area contributed by atoms with E-state index in [1.54, 1.807) is 36.4 Å². The number of carbonyl (C=O) groups is 2. The molecule has 0 fully saturated rings. The molecule has 0 amide bonds. The highest BCUT2D eigenvalue weighted by molar-refractivity contribution is 5.91. The molecule has 0 aliphatic carbocycles.